The summed E-state index contributed by atoms with van der Waals surface area (Å²) in [6.07, 6.45) is 7.92. The minimum Gasteiger partial charge on any atom is -0.483 e. The fourth-order valence-electron chi connectivity index (χ4n) is 8.44. The van der Waals surface area contributed by atoms with Crippen LogP contribution in [0.15, 0.2) is 39.8 Å². The summed E-state index contributed by atoms with van der Waals surface area (Å²) in [4.78, 5) is 30.7. The van der Waals surface area contributed by atoms with Crippen LogP contribution < -0.4 is 10.4 Å². The SMILES string of the molecule is CCCCC(=O)O[C@H]1C[C@H]2[C@]3(C)COC(C)(C)O[C@H]3CC[C@]2(C)[C@H]2Cc3c(cc(-c4cccnc4)oc3=O)O[C@]12C. The van der Waals surface area contributed by atoms with Crippen molar-refractivity contribution >= 4 is 5.97 Å². The molecule has 0 bridgehead atoms. The van der Waals surface area contributed by atoms with E-state index < -0.39 is 23.1 Å². The van der Waals surface area contributed by atoms with Gasteiger partial charge < -0.3 is 23.4 Å². The Labute approximate surface area is 242 Å². The van der Waals surface area contributed by atoms with Crippen molar-refractivity contribution < 1.29 is 28.2 Å². The van der Waals surface area contributed by atoms with E-state index in [1.165, 1.54) is 0 Å². The summed E-state index contributed by atoms with van der Waals surface area (Å²) in [6, 6.07) is 5.45. The number of unbranched alkanes of at least 4 members (excludes halogenated alkanes) is 1. The van der Waals surface area contributed by atoms with Crippen LogP contribution in [0, 0.1) is 22.7 Å². The molecule has 3 fully saturated rings. The first-order valence-corrected chi connectivity index (χ1v) is 15.2. The highest BCUT2D eigenvalue weighted by atomic mass is 16.7. The number of ether oxygens (including phenoxy) is 4. The van der Waals surface area contributed by atoms with Gasteiger partial charge in [0, 0.05) is 41.8 Å². The lowest BCUT2D eigenvalue weighted by Gasteiger charge is -2.67. The molecule has 2 saturated carbocycles. The zero-order chi connectivity index (χ0) is 29.2. The predicted molar refractivity (Wildman–Crippen MR) is 152 cm³/mol. The standard InChI is InChI=1S/C33H43NO7/c1-7-8-11-28(35)39-27-17-24-31(4,13-12-26-32(24,5)19-37-30(2,3)41-26)25-15-21-23(40-33(25,27)6)16-22(38-29(21)36)20-10-9-14-34-18-20/h9-10,14,16,18,24-27H,7-8,11-13,15,17,19H2,1-6H3/t24-,25-,26+,27+,31+,32+,33+/m1/s1. The molecule has 8 heteroatoms. The van der Waals surface area contributed by atoms with Crippen LogP contribution in [0.5, 0.6) is 5.75 Å². The number of rotatable bonds is 5. The number of nitrogens with zero attached hydrogens (tertiary/aromatic N) is 1. The van der Waals surface area contributed by atoms with Crippen LogP contribution in [-0.2, 0) is 25.4 Å². The highest BCUT2D eigenvalue weighted by Gasteiger charge is 2.69. The molecule has 0 aromatic carbocycles. The second kappa shape index (κ2) is 9.94. The van der Waals surface area contributed by atoms with Crippen LogP contribution in [0.25, 0.3) is 11.3 Å². The van der Waals surface area contributed by atoms with Crippen molar-refractivity contribution in [2.45, 2.75) is 110 Å². The maximum atomic E-state index is 13.4. The summed E-state index contributed by atoms with van der Waals surface area (Å²) in [6.45, 7) is 13.2. The van der Waals surface area contributed by atoms with Crippen molar-refractivity contribution in [3.63, 3.8) is 0 Å². The normalized spacial score (nSPS) is 37.0. The zero-order valence-electron chi connectivity index (χ0n) is 25.2. The molecule has 2 aromatic heterocycles. The first-order chi connectivity index (χ1) is 19.4. The molecule has 8 nitrogen and oxygen atoms in total. The second-order valence-electron chi connectivity index (χ2n) is 13.7. The van der Waals surface area contributed by atoms with Crippen LogP contribution >= 0.6 is 0 Å². The quantitative estimate of drug-likeness (QED) is 0.402. The van der Waals surface area contributed by atoms with Crippen molar-refractivity contribution in [2.24, 2.45) is 22.7 Å². The highest BCUT2D eigenvalue weighted by Crippen LogP contribution is 2.66. The Hall–Kier alpha value is -2.71. The summed E-state index contributed by atoms with van der Waals surface area (Å²) in [5.74, 6) is 0.135. The molecule has 7 atom stereocenters. The highest BCUT2D eigenvalue weighted by molar-refractivity contribution is 5.69. The minimum atomic E-state index is -0.820. The third-order valence-corrected chi connectivity index (χ3v) is 10.7. The molecule has 2 aliphatic carbocycles. The van der Waals surface area contributed by atoms with Gasteiger partial charge in [-0.25, -0.2) is 4.79 Å². The average molecular weight is 566 g/mol. The average Bonchev–Trinajstić information content (AvgIpc) is 2.93. The van der Waals surface area contributed by atoms with Gasteiger partial charge in [-0.15, -0.1) is 0 Å². The largest absolute Gasteiger partial charge is 0.483 e. The van der Waals surface area contributed by atoms with Gasteiger partial charge in [0.15, 0.2) is 5.79 Å². The minimum absolute atomic E-state index is 0.0361. The lowest BCUT2D eigenvalue weighted by molar-refractivity contribution is -0.354. The first-order valence-electron chi connectivity index (χ1n) is 15.2. The Balaban J connectivity index is 1.43. The van der Waals surface area contributed by atoms with Crippen LogP contribution in [0.1, 0.15) is 85.6 Å². The third-order valence-electron chi connectivity index (χ3n) is 10.7. The Morgan fingerprint density at radius 1 is 1.15 bits per heavy atom. The maximum Gasteiger partial charge on any atom is 0.343 e. The van der Waals surface area contributed by atoms with E-state index in [2.05, 4.69) is 32.7 Å². The van der Waals surface area contributed by atoms with Gasteiger partial charge in [0.2, 0.25) is 0 Å². The number of pyridine rings is 1. The van der Waals surface area contributed by atoms with Gasteiger partial charge in [0.25, 0.3) is 0 Å². The summed E-state index contributed by atoms with van der Waals surface area (Å²) < 4.78 is 31.8. The van der Waals surface area contributed by atoms with Gasteiger partial charge in [-0.1, -0.05) is 27.2 Å². The molecule has 2 aromatic rings. The number of carbonyl (C=O) groups excluding carboxylic acids is 1. The molecule has 2 aliphatic heterocycles. The maximum absolute atomic E-state index is 13.4. The molecule has 0 amide bonds. The number of fused-ring (bicyclic) bond motifs is 6. The van der Waals surface area contributed by atoms with Crippen molar-refractivity contribution in [1.29, 1.82) is 0 Å². The fraction of sp³-hybridized carbons (Fsp3) is 0.667. The molecule has 6 rings (SSSR count). The van der Waals surface area contributed by atoms with Crippen molar-refractivity contribution in [3.05, 3.63) is 46.6 Å². The van der Waals surface area contributed by atoms with Crippen molar-refractivity contribution in [3.8, 4) is 17.1 Å². The molecule has 4 heterocycles. The topological polar surface area (TPSA) is 97.1 Å². The van der Waals surface area contributed by atoms with E-state index in [-0.39, 0.29) is 34.7 Å². The van der Waals surface area contributed by atoms with E-state index in [4.69, 9.17) is 23.4 Å². The van der Waals surface area contributed by atoms with Crippen LogP contribution in [-0.4, -0.2) is 41.2 Å². The number of esters is 1. The van der Waals surface area contributed by atoms with E-state index in [1.54, 1.807) is 24.5 Å². The lowest BCUT2D eigenvalue weighted by atomic mass is 9.43. The molecule has 1 saturated heterocycles. The summed E-state index contributed by atoms with van der Waals surface area (Å²) in [7, 11) is 0. The van der Waals surface area contributed by atoms with Gasteiger partial charge in [-0.3, -0.25) is 9.78 Å². The monoisotopic (exact) mass is 565 g/mol. The van der Waals surface area contributed by atoms with Crippen molar-refractivity contribution in [1.82, 2.24) is 4.98 Å². The Bertz CT molecular complexity index is 1370. The van der Waals surface area contributed by atoms with Gasteiger partial charge in [0.05, 0.1) is 18.3 Å². The molecule has 0 spiro atoms. The molecule has 0 unspecified atom stereocenters. The van der Waals surface area contributed by atoms with E-state index in [0.717, 1.165) is 25.7 Å². The summed E-state index contributed by atoms with van der Waals surface area (Å²) in [5, 5.41) is 0. The number of hydrogen-bond acceptors (Lipinski definition) is 8. The van der Waals surface area contributed by atoms with E-state index in [1.807, 2.05) is 19.9 Å². The van der Waals surface area contributed by atoms with E-state index >= 15 is 0 Å². The summed E-state index contributed by atoms with van der Waals surface area (Å²) >= 11 is 0. The fourth-order valence-corrected chi connectivity index (χ4v) is 8.44. The van der Waals surface area contributed by atoms with Gasteiger partial charge in [0.1, 0.15) is 23.2 Å². The number of carbonyl (C=O) groups is 1. The van der Waals surface area contributed by atoms with Gasteiger partial charge in [-0.05, 0) is 76.3 Å². The van der Waals surface area contributed by atoms with Gasteiger partial charge in [-0.2, -0.15) is 0 Å². The number of aromatic nitrogens is 1. The molecular formula is C33H43NO7. The lowest BCUT2D eigenvalue weighted by Crippen LogP contribution is -2.71. The second-order valence-corrected chi connectivity index (χ2v) is 13.7. The van der Waals surface area contributed by atoms with Gasteiger partial charge >= 0.3 is 11.6 Å². The molecule has 0 N–H and O–H groups in total. The van der Waals surface area contributed by atoms with Crippen LogP contribution in [0.3, 0.4) is 0 Å². The van der Waals surface area contributed by atoms with Crippen molar-refractivity contribution in [2.75, 3.05) is 6.61 Å². The van der Waals surface area contributed by atoms with Crippen LogP contribution in [0.2, 0.25) is 0 Å². The number of hydrogen-bond donors (Lipinski definition) is 0. The Morgan fingerprint density at radius 3 is 2.68 bits per heavy atom. The first kappa shape index (κ1) is 28.4. The molecule has 222 valence electrons. The van der Waals surface area contributed by atoms with E-state index in [0.29, 0.717) is 48.5 Å². The third kappa shape index (κ3) is 4.62. The summed E-state index contributed by atoms with van der Waals surface area (Å²) in [5.41, 5.74) is -0.439. The predicted octanol–water partition coefficient (Wildman–Crippen LogP) is 6.09. The smallest absolute Gasteiger partial charge is 0.343 e. The zero-order valence-corrected chi connectivity index (χ0v) is 25.2. The molecule has 41 heavy (non-hydrogen) atoms. The van der Waals surface area contributed by atoms with E-state index in [9.17, 15) is 9.59 Å². The molecule has 4 aliphatic rings. The van der Waals surface area contributed by atoms with Crippen LogP contribution in [0.4, 0.5) is 0 Å². The Morgan fingerprint density at radius 2 is 1.95 bits per heavy atom. The molecular weight excluding hydrogens is 522 g/mol. The Kier molecular flexibility index (Phi) is 6.89. The molecule has 0 radical (unpaired) electrons.